The highest BCUT2D eigenvalue weighted by Crippen LogP contribution is 2.28. The molecule has 2 aromatic heterocycles. The van der Waals surface area contributed by atoms with E-state index < -0.39 is 0 Å². The number of piperidine rings is 1. The smallest absolute Gasteiger partial charge is 0.215 e. The molecule has 3 heterocycles. The number of rotatable bonds is 5. The van der Waals surface area contributed by atoms with Gasteiger partial charge >= 0.3 is 0 Å². The summed E-state index contributed by atoms with van der Waals surface area (Å²) in [5.74, 6) is 2.03. The monoisotopic (exact) mass is 370 g/mol. The van der Waals surface area contributed by atoms with Crippen LogP contribution < -0.4 is 10.1 Å². The van der Waals surface area contributed by atoms with E-state index in [1.54, 1.807) is 4.68 Å². The number of nitrogens with one attached hydrogen (secondary N) is 1. The molecule has 146 valence electrons. The first-order chi connectivity index (χ1) is 13.1. The van der Waals surface area contributed by atoms with Crippen LogP contribution in [-0.4, -0.2) is 39.7 Å². The molecule has 0 radical (unpaired) electrons. The summed E-state index contributed by atoms with van der Waals surface area (Å²) < 4.78 is 7.82. The standard InChI is InChI=1S/C21H30N4O2/c1-14-3-5-16(6-4-14)27-19-8-7-17-20(24-25(2)21(17)23-19)18(26)13-15-9-11-22-12-10-15/h7-8,14-16,22H,3-6,9-13H2,1-2H3. The number of aromatic nitrogens is 3. The maximum Gasteiger partial charge on any atom is 0.215 e. The number of hydrogen-bond acceptors (Lipinski definition) is 5. The molecular formula is C21H30N4O2. The molecule has 1 aliphatic carbocycles. The minimum absolute atomic E-state index is 0.129. The number of hydrogen-bond donors (Lipinski definition) is 1. The van der Waals surface area contributed by atoms with Crippen molar-refractivity contribution in [3.63, 3.8) is 0 Å². The third-order valence-electron chi connectivity index (χ3n) is 6.11. The number of ketones is 1. The van der Waals surface area contributed by atoms with Crippen LogP contribution in [0.25, 0.3) is 11.0 Å². The van der Waals surface area contributed by atoms with Gasteiger partial charge in [-0.15, -0.1) is 0 Å². The summed E-state index contributed by atoms with van der Waals surface area (Å²) >= 11 is 0. The first-order valence-electron chi connectivity index (χ1n) is 10.3. The summed E-state index contributed by atoms with van der Waals surface area (Å²) in [4.78, 5) is 17.5. The average Bonchev–Trinajstić information content (AvgIpc) is 3.01. The highest BCUT2D eigenvalue weighted by atomic mass is 16.5. The lowest BCUT2D eigenvalue weighted by molar-refractivity contribution is 0.0948. The van der Waals surface area contributed by atoms with Crippen molar-refractivity contribution in [1.82, 2.24) is 20.1 Å². The molecule has 0 spiro atoms. The topological polar surface area (TPSA) is 69.0 Å². The normalized spacial score (nSPS) is 24.2. The number of aryl methyl sites for hydroxylation is 1. The molecule has 1 aliphatic heterocycles. The van der Waals surface area contributed by atoms with Crippen molar-refractivity contribution in [2.24, 2.45) is 18.9 Å². The summed E-state index contributed by atoms with van der Waals surface area (Å²) in [6, 6.07) is 3.84. The number of Topliss-reactive ketones (excluding diaryl/α,β-unsaturated/α-hetero) is 1. The van der Waals surface area contributed by atoms with Crippen LogP contribution in [0.3, 0.4) is 0 Å². The van der Waals surface area contributed by atoms with E-state index in [1.165, 1.54) is 12.8 Å². The van der Waals surface area contributed by atoms with E-state index in [9.17, 15) is 4.79 Å². The van der Waals surface area contributed by atoms with Gasteiger partial charge in [0.25, 0.3) is 0 Å². The van der Waals surface area contributed by atoms with Gasteiger partial charge in [-0.3, -0.25) is 4.79 Å². The van der Waals surface area contributed by atoms with Crippen molar-refractivity contribution < 1.29 is 9.53 Å². The van der Waals surface area contributed by atoms with Gasteiger partial charge in [-0.1, -0.05) is 6.92 Å². The van der Waals surface area contributed by atoms with E-state index in [2.05, 4.69) is 22.3 Å². The lowest BCUT2D eigenvalue weighted by atomic mass is 9.89. The number of carbonyl (C=O) groups excluding carboxylic acids is 1. The van der Waals surface area contributed by atoms with Crippen LogP contribution >= 0.6 is 0 Å². The Hall–Kier alpha value is -1.95. The zero-order chi connectivity index (χ0) is 18.8. The number of pyridine rings is 1. The Balaban J connectivity index is 1.49. The second-order valence-electron chi connectivity index (χ2n) is 8.31. The van der Waals surface area contributed by atoms with Gasteiger partial charge in [0, 0.05) is 19.5 Å². The highest BCUT2D eigenvalue weighted by Gasteiger charge is 2.24. The van der Waals surface area contributed by atoms with Crippen molar-refractivity contribution in [3.8, 4) is 5.88 Å². The van der Waals surface area contributed by atoms with Crippen LogP contribution in [0.4, 0.5) is 0 Å². The predicted molar refractivity (Wildman–Crippen MR) is 105 cm³/mol. The van der Waals surface area contributed by atoms with Gasteiger partial charge < -0.3 is 10.1 Å². The third-order valence-corrected chi connectivity index (χ3v) is 6.11. The first-order valence-corrected chi connectivity index (χ1v) is 10.3. The highest BCUT2D eigenvalue weighted by molar-refractivity contribution is 6.05. The quantitative estimate of drug-likeness (QED) is 0.816. The van der Waals surface area contributed by atoms with E-state index in [0.717, 1.165) is 55.7 Å². The molecule has 0 atom stereocenters. The second kappa shape index (κ2) is 7.97. The molecule has 2 aromatic rings. The van der Waals surface area contributed by atoms with Gasteiger partial charge in [-0.25, -0.2) is 4.68 Å². The van der Waals surface area contributed by atoms with Gasteiger partial charge in [0.2, 0.25) is 5.88 Å². The number of carbonyl (C=O) groups is 1. The van der Waals surface area contributed by atoms with Crippen LogP contribution in [0.1, 0.15) is 62.4 Å². The number of fused-ring (bicyclic) bond motifs is 1. The molecule has 6 heteroatoms. The van der Waals surface area contributed by atoms with Crippen molar-refractivity contribution in [3.05, 3.63) is 17.8 Å². The molecule has 2 fully saturated rings. The number of nitrogens with zero attached hydrogens (tertiary/aromatic N) is 3. The molecular weight excluding hydrogens is 340 g/mol. The Morgan fingerprint density at radius 1 is 1.19 bits per heavy atom. The SMILES string of the molecule is CC1CCC(Oc2ccc3c(C(=O)CC4CCNCC4)nn(C)c3n2)CC1. The predicted octanol–water partition coefficient (Wildman–Crippen LogP) is 3.50. The minimum Gasteiger partial charge on any atom is -0.474 e. The van der Waals surface area contributed by atoms with Crippen molar-refractivity contribution >= 4 is 16.8 Å². The minimum atomic E-state index is 0.129. The lowest BCUT2D eigenvalue weighted by Crippen LogP contribution is -2.29. The maximum absolute atomic E-state index is 12.8. The molecule has 1 saturated heterocycles. The largest absolute Gasteiger partial charge is 0.474 e. The summed E-state index contributed by atoms with van der Waals surface area (Å²) in [6.07, 6.45) is 7.56. The fraction of sp³-hybridized carbons (Fsp3) is 0.667. The second-order valence-corrected chi connectivity index (χ2v) is 8.31. The molecule has 1 saturated carbocycles. The Kier molecular flexibility index (Phi) is 5.43. The third kappa shape index (κ3) is 4.15. The Bertz CT molecular complexity index is 802. The van der Waals surface area contributed by atoms with Crippen molar-refractivity contribution in [2.75, 3.05) is 13.1 Å². The fourth-order valence-electron chi connectivity index (χ4n) is 4.35. The Labute approximate surface area is 160 Å². The molecule has 2 aliphatic rings. The van der Waals surface area contributed by atoms with Crippen LogP contribution in [0, 0.1) is 11.8 Å². The molecule has 1 N–H and O–H groups in total. The van der Waals surface area contributed by atoms with Crippen molar-refractivity contribution in [1.29, 1.82) is 0 Å². The van der Waals surface area contributed by atoms with Crippen LogP contribution in [0.5, 0.6) is 5.88 Å². The van der Waals surface area contributed by atoms with Gasteiger partial charge in [0.1, 0.15) is 11.8 Å². The lowest BCUT2D eigenvalue weighted by Gasteiger charge is -2.26. The van der Waals surface area contributed by atoms with Gasteiger partial charge in [0.05, 0.1) is 5.39 Å². The van der Waals surface area contributed by atoms with E-state index in [-0.39, 0.29) is 11.9 Å². The zero-order valence-corrected chi connectivity index (χ0v) is 16.4. The van der Waals surface area contributed by atoms with E-state index in [1.807, 2.05) is 19.2 Å². The van der Waals surface area contributed by atoms with Crippen LogP contribution in [0.15, 0.2) is 12.1 Å². The maximum atomic E-state index is 12.8. The molecule has 6 nitrogen and oxygen atoms in total. The molecule has 27 heavy (non-hydrogen) atoms. The van der Waals surface area contributed by atoms with E-state index >= 15 is 0 Å². The van der Waals surface area contributed by atoms with E-state index in [4.69, 9.17) is 4.74 Å². The average molecular weight is 370 g/mol. The van der Waals surface area contributed by atoms with Gasteiger partial charge in [0.15, 0.2) is 11.4 Å². The Morgan fingerprint density at radius 2 is 1.93 bits per heavy atom. The first kappa shape index (κ1) is 18.4. The summed E-state index contributed by atoms with van der Waals surface area (Å²) in [7, 11) is 1.85. The molecule has 4 rings (SSSR count). The van der Waals surface area contributed by atoms with E-state index in [0.29, 0.717) is 23.9 Å². The van der Waals surface area contributed by atoms with Gasteiger partial charge in [-0.05, 0) is 69.5 Å². The molecule has 0 aromatic carbocycles. The molecule has 0 bridgehead atoms. The van der Waals surface area contributed by atoms with Crippen LogP contribution in [0.2, 0.25) is 0 Å². The van der Waals surface area contributed by atoms with Crippen LogP contribution in [-0.2, 0) is 7.05 Å². The summed E-state index contributed by atoms with van der Waals surface area (Å²) in [5, 5.41) is 8.67. The summed E-state index contributed by atoms with van der Waals surface area (Å²) in [5.41, 5.74) is 1.28. The van der Waals surface area contributed by atoms with Gasteiger partial charge in [-0.2, -0.15) is 10.1 Å². The Morgan fingerprint density at radius 3 is 2.67 bits per heavy atom. The molecule has 0 unspecified atom stereocenters. The van der Waals surface area contributed by atoms with Crippen molar-refractivity contribution in [2.45, 2.75) is 58.0 Å². The zero-order valence-electron chi connectivity index (χ0n) is 16.4. The summed E-state index contributed by atoms with van der Waals surface area (Å²) in [6.45, 7) is 4.31. The number of ether oxygens (including phenoxy) is 1. The molecule has 0 amide bonds. The fourth-order valence-corrected chi connectivity index (χ4v) is 4.35.